The number of aromatic nitrogens is 2. The van der Waals surface area contributed by atoms with Gasteiger partial charge in [-0.25, -0.2) is 4.98 Å². The largest absolute Gasteiger partial charge is 0.338 e. The summed E-state index contributed by atoms with van der Waals surface area (Å²) in [5.74, 6) is 1.18. The second kappa shape index (κ2) is 6.20. The molecule has 0 spiro atoms. The third-order valence-electron chi connectivity index (χ3n) is 2.99. The molecule has 1 N–H and O–H groups in total. The van der Waals surface area contributed by atoms with Crippen molar-refractivity contribution in [2.24, 2.45) is 12.5 Å². The zero-order valence-electron chi connectivity index (χ0n) is 12.0. The smallest absolute Gasteiger partial charge is 0.108 e. The summed E-state index contributed by atoms with van der Waals surface area (Å²) in [5.41, 5.74) is 0.383. The second-order valence-electron chi connectivity index (χ2n) is 6.01. The summed E-state index contributed by atoms with van der Waals surface area (Å²) in [6.45, 7) is 10.1. The van der Waals surface area contributed by atoms with Crippen molar-refractivity contribution in [2.45, 2.75) is 53.0 Å². The third kappa shape index (κ3) is 5.35. The molecule has 0 aliphatic rings. The Bertz CT molecular complexity index is 322. The van der Waals surface area contributed by atoms with Crippen LogP contribution in [-0.4, -0.2) is 22.1 Å². The van der Waals surface area contributed by atoms with Crippen molar-refractivity contribution in [1.29, 1.82) is 0 Å². The topological polar surface area (TPSA) is 29.9 Å². The summed E-state index contributed by atoms with van der Waals surface area (Å²) in [4.78, 5) is 4.38. The van der Waals surface area contributed by atoms with Crippen LogP contribution in [-0.2, 0) is 13.5 Å². The highest BCUT2D eigenvalue weighted by atomic mass is 15.0. The molecule has 98 valence electrons. The normalized spacial score (nSPS) is 13.9. The molecule has 3 heteroatoms. The number of hydrogen-bond donors (Lipinski definition) is 1. The Morgan fingerprint density at radius 1 is 1.41 bits per heavy atom. The fourth-order valence-corrected chi connectivity index (χ4v) is 2.24. The van der Waals surface area contributed by atoms with Crippen LogP contribution >= 0.6 is 0 Å². The molecule has 1 atom stereocenters. The highest BCUT2D eigenvalue weighted by Gasteiger charge is 2.18. The van der Waals surface area contributed by atoms with Crippen molar-refractivity contribution >= 4 is 0 Å². The van der Waals surface area contributed by atoms with E-state index in [1.54, 1.807) is 0 Å². The van der Waals surface area contributed by atoms with E-state index in [4.69, 9.17) is 0 Å². The summed E-state index contributed by atoms with van der Waals surface area (Å²) < 4.78 is 2.11. The Morgan fingerprint density at radius 2 is 2.12 bits per heavy atom. The Hall–Kier alpha value is -0.830. The molecule has 1 rings (SSSR count). The number of rotatable bonds is 6. The van der Waals surface area contributed by atoms with Crippen LogP contribution in [0.2, 0.25) is 0 Å². The van der Waals surface area contributed by atoms with Crippen LogP contribution < -0.4 is 5.32 Å². The average Bonchev–Trinajstić information content (AvgIpc) is 2.59. The number of nitrogens with zero attached hydrogens (tertiary/aromatic N) is 2. The number of imidazole rings is 1. The third-order valence-corrected chi connectivity index (χ3v) is 2.99. The maximum atomic E-state index is 4.38. The second-order valence-corrected chi connectivity index (χ2v) is 6.01. The van der Waals surface area contributed by atoms with Crippen LogP contribution in [0.3, 0.4) is 0 Å². The SMILES string of the molecule is CCNC(CCc1nccn1C)CC(C)(C)C. The quantitative estimate of drug-likeness (QED) is 0.824. The van der Waals surface area contributed by atoms with Crippen molar-refractivity contribution in [3.8, 4) is 0 Å². The maximum Gasteiger partial charge on any atom is 0.108 e. The molecule has 0 fully saturated rings. The van der Waals surface area contributed by atoms with E-state index in [-0.39, 0.29) is 0 Å². The van der Waals surface area contributed by atoms with E-state index < -0.39 is 0 Å². The van der Waals surface area contributed by atoms with Crippen molar-refractivity contribution in [2.75, 3.05) is 6.54 Å². The van der Waals surface area contributed by atoms with Gasteiger partial charge in [-0.15, -0.1) is 0 Å². The van der Waals surface area contributed by atoms with Crippen LogP contribution in [0.25, 0.3) is 0 Å². The lowest BCUT2D eigenvalue weighted by atomic mass is 9.86. The van der Waals surface area contributed by atoms with Crippen molar-refractivity contribution < 1.29 is 0 Å². The van der Waals surface area contributed by atoms with Gasteiger partial charge in [0, 0.05) is 31.9 Å². The zero-order valence-corrected chi connectivity index (χ0v) is 12.0. The monoisotopic (exact) mass is 237 g/mol. The molecule has 0 radical (unpaired) electrons. The Balaban J connectivity index is 2.47. The lowest BCUT2D eigenvalue weighted by Crippen LogP contribution is -2.33. The zero-order chi connectivity index (χ0) is 12.9. The first-order valence-electron chi connectivity index (χ1n) is 6.62. The van der Waals surface area contributed by atoms with Crippen LogP contribution in [0.4, 0.5) is 0 Å². The minimum Gasteiger partial charge on any atom is -0.338 e. The molecule has 0 aliphatic heterocycles. The Morgan fingerprint density at radius 3 is 2.59 bits per heavy atom. The van der Waals surface area contributed by atoms with Gasteiger partial charge in [0.05, 0.1) is 0 Å². The Kier molecular flexibility index (Phi) is 5.19. The molecule has 3 nitrogen and oxygen atoms in total. The average molecular weight is 237 g/mol. The van der Waals surface area contributed by atoms with E-state index in [0.717, 1.165) is 19.4 Å². The molecule has 0 saturated carbocycles. The van der Waals surface area contributed by atoms with Crippen molar-refractivity contribution in [1.82, 2.24) is 14.9 Å². The highest BCUT2D eigenvalue weighted by molar-refractivity contribution is 4.92. The maximum absolute atomic E-state index is 4.38. The van der Waals surface area contributed by atoms with Gasteiger partial charge in [0.2, 0.25) is 0 Å². The van der Waals surface area contributed by atoms with Crippen molar-refractivity contribution in [3.05, 3.63) is 18.2 Å². The summed E-state index contributed by atoms with van der Waals surface area (Å²) >= 11 is 0. The highest BCUT2D eigenvalue weighted by Crippen LogP contribution is 2.22. The van der Waals surface area contributed by atoms with Crippen LogP contribution in [0, 0.1) is 5.41 Å². The lowest BCUT2D eigenvalue weighted by Gasteiger charge is -2.26. The van der Waals surface area contributed by atoms with Gasteiger partial charge in [-0.2, -0.15) is 0 Å². The first-order valence-corrected chi connectivity index (χ1v) is 6.62. The summed E-state index contributed by atoms with van der Waals surface area (Å²) in [7, 11) is 2.06. The van der Waals surface area contributed by atoms with Gasteiger partial charge in [-0.3, -0.25) is 0 Å². The van der Waals surface area contributed by atoms with E-state index in [9.17, 15) is 0 Å². The molecule has 17 heavy (non-hydrogen) atoms. The van der Waals surface area contributed by atoms with Gasteiger partial charge in [0.25, 0.3) is 0 Å². The molecule has 0 aromatic carbocycles. The van der Waals surface area contributed by atoms with Gasteiger partial charge in [-0.05, 0) is 24.8 Å². The summed E-state index contributed by atoms with van der Waals surface area (Å²) in [5, 5.41) is 3.58. The first kappa shape index (κ1) is 14.2. The van der Waals surface area contributed by atoms with Gasteiger partial charge in [0.15, 0.2) is 0 Å². The number of aryl methyl sites for hydroxylation is 2. The van der Waals surface area contributed by atoms with E-state index in [1.807, 2.05) is 12.4 Å². The predicted octanol–water partition coefficient (Wildman–Crippen LogP) is 2.77. The minimum atomic E-state index is 0.383. The van der Waals surface area contributed by atoms with E-state index >= 15 is 0 Å². The molecule has 1 unspecified atom stereocenters. The number of hydrogen-bond acceptors (Lipinski definition) is 2. The van der Waals surface area contributed by atoms with Gasteiger partial charge >= 0.3 is 0 Å². The Labute approximate surface area is 106 Å². The molecule has 1 aromatic rings. The van der Waals surface area contributed by atoms with Crippen molar-refractivity contribution in [3.63, 3.8) is 0 Å². The van der Waals surface area contributed by atoms with E-state index in [0.29, 0.717) is 11.5 Å². The molecule has 1 heterocycles. The van der Waals surface area contributed by atoms with Gasteiger partial charge in [-0.1, -0.05) is 27.7 Å². The fraction of sp³-hybridized carbons (Fsp3) is 0.786. The van der Waals surface area contributed by atoms with Gasteiger partial charge < -0.3 is 9.88 Å². The molecule has 0 saturated heterocycles. The summed E-state index contributed by atoms with van der Waals surface area (Å²) in [6.07, 6.45) is 7.32. The van der Waals surface area contributed by atoms with E-state index in [1.165, 1.54) is 12.2 Å². The van der Waals surface area contributed by atoms with Gasteiger partial charge in [0.1, 0.15) is 5.82 Å². The number of nitrogens with one attached hydrogen (secondary N) is 1. The standard InChI is InChI=1S/C14H27N3/c1-6-15-12(11-14(2,3)4)7-8-13-16-9-10-17(13)5/h9-10,12,15H,6-8,11H2,1-5H3. The molecule has 0 aliphatic carbocycles. The van der Waals surface area contributed by atoms with E-state index in [2.05, 4.69) is 49.6 Å². The summed E-state index contributed by atoms with van der Waals surface area (Å²) in [6, 6.07) is 0.594. The molecule has 0 amide bonds. The molecule has 0 bridgehead atoms. The molecule has 1 aromatic heterocycles. The van der Waals surface area contributed by atoms with Crippen LogP contribution in [0.15, 0.2) is 12.4 Å². The van der Waals surface area contributed by atoms with Crippen LogP contribution in [0.1, 0.15) is 46.4 Å². The molecular weight excluding hydrogens is 210 g/mol. The predicted molar refractivity (Wildman–Crippen MR) is 73.1 cm³/mol. The lowest BCUT2D eigenvalue weighted by molar-refractivity contribution is 0.300. The first-order chi connectivity index (χ1) is 7.92. The van der Waals surface area contributed by atoms with Crippen LogP contribution in [0.5, 0.6) is 0 Å². The fourth-order valence-electron chi connectivity index (χ4n) is 2.24. The molecular formula is C14H27N3. The minimum absolute atomic E-state index is 0.383.